The van der Waals surface area contributed by atoms with E-state index in [9.17, 15) is 0 Å². The van der Waals surface area contributed by atoms with Gasteiger partial charge in [-0.1, -0.05) is 27.5 Å². The summed E-state index contributed by atoms with van der Waals surface area (Å²) in [6.45, 7) is 1.88. The van der Waals surface area contributed by atoms with Gasteiger partial charge in [0.05, 0.1) is 11.1 Å². The molecule has 1 unspecified atom stereocenters. The summed E-state index contributed by atoms with van der Waals surface area (Å²) in [5.41, 5.74) is 6.61. The highest BCUT2D eigenvalue weighted by atomic mass is 79.9. The summed E-state index contributed by atoms with van der Waals surface area (Å²) < 4.78 is 6.57. The topological polar surface area (TPSA) is 39.2 Å². The standard InChI is InChI=1S/C12H11BrClNO/c1-7(15)11-4-5-12(16-11)9-3-2-8(13)6-10(9)14/h2-7H,15H2,1H3. The Morgan fingerprint density at radius 3 is 2.62 bits per heavy atom. The van der Waals surface area contributed by atoms with Gasteiger partial charge in [-0.25, -0.2) is 0 Å². The summed E-state index contributed by atoms with van der Waals surface area (Å²) in [4.78, 5) is 0. The molecule has 2 N–H and O–H groups in total. The molecule has 0 spiro atoms. The van der Waals surface area contributed by atoms with Crippen LogP contribution in [0.1, 0.15) is 18.7 Å². The lowest BCUT2D eigenvalue weighted by molar-refractivity contribution is 0.491. The molecule has 0 aliphatic rings. The zero-order valence-electron chi connectivity index (χ0n) is 8.71. The molecular formula is C12H11BrClNO. The van der Waals surface area contributed by atoms with Crippen LogP contribution in [0.15, 0.2) is 39.2 Å². The molecule has 2 nitrogen and oxygen atoms in total. The van der Waals surface area contributed by atoms with Crippen LogP contribution in [0, 0.1) is 0 Å². The molecule has 0 amide bonds. The number of benzene rings is 1. The third-order valence-electron chi connectivity index (χ3n) is 2.27. The van der Waals surface area contributed by atoms with Crippen molar-refractivity contribution in [2.45, 2.75) is 13.0 Å². The van der Waals surface area contributed by atoms with Crippen LogP contribution in [0.3, 0.4) is 0 Å². The molecule has 4 heteroatoms. The van der Waals surface area contributed by atoms with Gasteiger partial charge in [-0.05, 0) is 37.3 Å². The first kappa shape index (κ1) is 11.7. The van der Waals surface area contributed by atoms with Gasteiger partial charge in [0, 0.05) is 10.0 Å². The number of rotatable bonds is 2. The molecule has 0 radical (unpaired) electrons. The predicted molar refractivity (Wildman–Crippen MR) is 69.5 cm³/mol. The molecule has 2 rings (SSSR count). The van der Waals surface area contributed by atoms with Gasteiger partial charge in [-0.2, -0.15) is 0 Å². The highest BCUT2D eigenvalue weighted by Gasteiger charge is 2.10. The Kier molecular flexibility index (Phi) is 3.38. The molecule has 0 aliphatic heterocycles. The predicted octanol–water partition coefficient (Wildman–Crippen LogP) is 4.38. The van der Waals surface area contributed by atoms with Gasteiger partial charge in [0.2, 0.25) is 0 Å². The van der Waals surface area contributed by atoms with Crippen molar-refractivity contribution in [1.82, 2.24) is 0 Å². The number of nitrogens with two attached hydrogens (primary N) is 1. The Bertz CT molecular complexity index is 507. The Labute approximate surface area is 108 Å². The second-order valence-corrected chi connectivity index (χ2v) is 4.94. The average molecular weight is 301 g/mol. The number of halogens is 2. The lowest BCUT2D eigenvalue weighted by atomic mass is 10.2. The van der Waals surface area contributed by atoms with Crippen molar-refractivity contribution >= 4 is 27.5 Å². The Morgan fingerprint density at radius 1 is 1.31 bits per heavy atom. The minimum atomic E-state index is -0.108. The third kappa shape index (κ3) is 2.32. The zero-order chi connectivity index (χ0) is 11.7. The minimum absolute atomic E-state index is 0.108. The molecule has 0 bridgehead atoms. The van der Waals surface area contributed by atoms with E-state index >= 15 is 0 Å². The van der Waals surface area contributed by atoms with Crippen molar-refractivity contribution < 1.29 is 4.42 Å². The Morgan fingerprint density at radius 2 is 2.06 bits per heavy atom. The summed E-state index contributed by atoms with van der Waals surface area (Å²) in [5.74, 6) is 1.50. The normalized spacial score (nSPS) is 12.8. The highest BCUT2D eigenvalue weighted by Crippen LogP contribution is 2.32. The Hall–Kier alpha value is -0.770. The molecule has 0 saturated heterocycles. The van der Waals surface area contributed by atoms with Gasteiger partial charge >= 0.3 is 0 Å². The second-order valence-electron chi connectivity index (χ2n) is 3.61. The van der Waals surface area contributed by atoms with Crippen LogP contribution in [0.5, 0.6) is 0 Å². The quantitative estimate of drug-likeness (QED) is 0.894. The highest BCUT2D eigenvalue weighted by molar-refractivity contribution is 9.10. The average Bonchev–Trinajstić information content (AvgIpc) is 2.66. The van der Waals surface area contributed by atoms with Crippen molar-refractivity contribution in [1.29, 1.82) is 0 Å². The fraction of sp³-hybridized carbons (Fsp3) is 0.167. The van der Waals surface area contributed by atoms with Crippen LogP contribution in [-0.2, 0) is 0 Å². The second kappa shape index (κ2) is 4.62. The SMILES string of the molecule is CC(N)c1ccc(-c2ccc(Br)cc2Cl)o1. The van der Waals surface area contributed by atoms with Crippen LogP contribution < -0.4 is 5.73 Å². The molecule has 2 aromatic rings. The maximum Gasteiger partial charge on any atom is 0.135 e. The van der Waals surface area contributed by atoms with E-state index in [0.717, 1.165) is 21.6 Å². The van der Waals surface area contributed by atoms with E-state index in [1.54, 1.807) is 0 Å². The van der Waals surface area contributed by atoms with Crippen molar-refractivity contribution in [2.75, 3.05) is 0 Å². The van der Waals surface area contributed by atoms with E-state index in [1.165, 1.54) is 0 Å². The maximum atomic E-state index is 6.13. The number of furan rings is 1. The monoisotopic (exact) mass is 299 g/mol. The largest absolute Gasteiger partial charge is 0.459 e. The van der Waals surface area contributed by atoms with E-state index in [1.807, 2.05) is 37.3 Å². The van der Waals surface area contributed by atoms with Gasteiger partial charge in [0.1, 0.15) is 11.5 Å². The maximum absolute atomic E-state index is 6.13. The van der Waals surface area contributed by atoms with Crippen molar-refractivity contribution in [3.8, 4) is 11.3 Å². The summed E-state index contributed by atoms with van der Waals surface area (Å²) in [6, 6.07) is 9.32. The van der Waals surface area contributed by atoms with E-state index in [-0.39, 0.29) is 6.04 Å². The van der Waals surface area contributed by atoms with Crippen molar-refractivity contribution in [3.05, 3.63) is 45.6 Å². The first-order chi connectivity index (χ1) is 7.58. The lowest BCUT2D eigenvalue weighted by Crippen LogP contribution is -2.02. The lowest BCUT2D eigenvalue weighted by Gasteiger charge is -2.02. The molecule has 1 atom stereocenters. The molecule has 0 fully saturated rings. The summed E-state index contributed by atoms with van der Waals surface area (Å²) in [7, 11) is 0. The molecule has 1 aromatic carbocycles. The fourth-order valence-corrected chi connectivity index (χ4v) is 2.20. The number of hydrogen-bond donors (Lipinski definition) is 1. The van der Waals surface area contributed by atoms with E-state index in [0.29, 0.717) is 5.02 Å². The summed E-state index contributed by atoms with van der Waals surface area (Å²) >= 11 is 9.49. The minimum Gasteiger partial charge on any atom is -0.459 e. The van der Waals surface area contributed by atoms with Crippen LogP contribution in [0.4, 0.5) is 0 Å². The van der Waals surface area contributed by atoms with E-state index in [2.05, 4.69) is 15.9 Å². The Balaban J connectivity index is 2.42. The van der Waals surface area contributed by atoms with E-state index < -0.39 is 0 Å². The first-order valence-corrected chi connectivity index (χ1v) is 6.06. The number of hydrogen-bond acceptors (Lipinski definition) is 2. The van der Waals surface area contributed by atoms with E-state index in [4.69, 9.17) is 21.8 Å². The van der Waals surface area contributed by atoms with Gasteiger partial charge in [-0.3, -0.25) is 0 Å². The van der Waals surface area contributed by atoms with Crippen LogP contribution >= 0.6 is 27.5 Å². The summed E-state index contributed by atoms with van der Waals surface area (Å²) in [6.07, 6.45) is 0. The summed E-state index contributed by atoms with van der Waals surface area (Å²) in [5, 5.41) is 0.653. The van der Waals surface area contributed by atoms with Gasteiger partial charge in [0.25, 0.3) is 0 Å². The van der Waals surface area contributed by atoms with Crippen molar-refractivity contribution in [2.24, 2.45) is 5.73 Å². The first-order valence-electron chi connectivity index (χ1n) is 4.88. The fourth-order valence-electron chi connectivity index (χ4n) is 1.43. The molecule has 1 heterocycles. The van der Waals surface area contributed by atoms with Crippen LogP contribution in [0.25, 0.3) is 11.3 Å². The molecule has 1 aromatic heterocycles. The third-order valence-corrected chi connectivity index (χ3v) is 3.08. The van der Waals surface area contributed by atoms with Gasteiger partial charge in [-0.15, -0.1) is 0 Å². The molecule has 16 heavy (non-hydrogen) atoms. The van der Waals surface area contributed by atoms with Crippen molar-refractivity contribution in [3.63, 3.8) is 0 Å². The van der Waals surface area contributed by atoms with Crippen LogP contribution in [-0.4, -0.2) is 0 Å². The molecule has 84 valence electrons. The van der Waals surface area contributed by atoms with Gasteiger partial charge < -0.3 is 10.2 Å². The molecule has 0 saturated carbocycles. The smallest absolute Gasteiger partial charge is 0.135 e. The van der Waals surface area contributed by atoms with Crippen LogP contribution in [0.2, 0.25) is 5.02 Å². The zero-order valence-corrected chi connectivity index (χ0v) is 11.0. The molecular weight excluding hydrogens is 289 g/mol. The molecule has 0 aliphatic carbocycles. The van der Waals surface area contributed by atoms with Gasteiger partial charge in [0.15, 0.2) is 0 Å².